The normalized spacial score (nSPS) is 14.7. The Kier molecular flexibility index (Phi) is 4.84. The summed E-state index contributed by atoms with van der Waals surface area (Å²) in [5.74, 6) is 0. The zero-order valence-corrected chi connectivity index (χ0v) is 14.5. The quantitative estimate of drug-likeness (QED) is 0.736. The number of hydrogen-bond acceptors (Lipinski definition) is 1. The molecular formula is C18H22BrN2+. The molecule has 0 N–H and O–H groups in total. The van der Waals surface area contributed by atoms with Crippen molar-refractivity contribution in [1.82, 2.24) is 4.98 Å². The molecule has 0 aliphatic heterocycles. The van der Waals surface area contributed by atoms with Gasteiger partial charge in [0.25, 0.3) is 0 Å². The maximum atomic E-state index is 6.13. The molecular weight excluding hydrogens is 324 g/mol. The number of benzene rings is 1. The first-order chi connectivity index (χ1) is 9.81. The molecule has 1 aromatic heterocycles. The van der Waals surface area contributed by atoms with Gasteiger partial charge in [-0.05, 0) is 36.8 Å². The molecule has 1 heterocycles. The maximum absolute atomic E-state index is 6.13. The summed E-state index contributed by atoms with van der Waals surface area (Å²) in [5, 5.41) is 0. The van der Waals surface area contributed by atoms with E-state index in [1.165, 1.54) is 5.56 Å². The second-order valence-corrected chi connectivity index (χ2v) is 7.22. The molecule has 0 spiro atoms. The Morgan fingerprint density at radius 2 is 1.81 bits per heavy atom. The predicted octanol–water partition coefficient (Wildman–Crippen LogP) is 4.29. The summed E-state index contributed by atoms with van der Waals surface area (Å²) in [7, 11) is 10.2. The highest BCUT2D eigenvalue weighted by Gasteiger charge is 2.32. The smallest absolute Gasteiger partial charge is 0.206 e. The van der Waals surface area contributed by atoms with E-state index in [1.54, 1.807) is 0 Å². The van der Waals surface area contributed by atoms with Crippen molar-refractivity contribution in [2.24, 2.45) is 0 Å². The van der Waals surface area contributed by atoms with Gasteiger partial charge in [0.2, 0.25) is 7.05 Å². The molecule has 0 aliphatic rings. The molecule has 1 unspecified atom stereocenters. The Bertz CT molecular complexity index is 572. The van der Waals surface area contributed by atoms with E-state index in [9.17, 15) is 0 Å². The number of halogens is 1. The van der Waals surface area contributed by atoms with Gasteiger partial charge in [0.15, 0.2) is 0 Å². The van der Waals surface area contributed by atoms with Gasteiger partial charge in [0, 0.05) is 22.5 Å². The van der Waals surface area contributed by atoms with Gasteiger partial charge in [0.1, 0.15) is 0 Å². The van der Waals surface area contributed by atoms with Crippen LogP contribution in [0.4, 0.5) is 0 Å². The van der Waals surface area contributed by atoms with E-state index in [-0.39, 0.29) is 5.41 Å². The van der Waals surface area contributed by atoms with Crippen LogP contribution in [-0.4, -0.2) is 30.1 Å². The molecule has 21 heavy (non-hydrogen) atoms. The van der Waals surface area contributed by atoms with Gasteiger partial charge in [0.05, 0.1) is 26.3 Å². The summed E-state index contributed by atoms with van der Waals surface area (Å²) in [6, 6.07) is 14.6. The molecule has 0 aliphatic carbocycles. The lowest BCUT2D eigenvalue weighted by Crippen LogP contribution is -2.38. The first-order valence-corrected chi connectivity index (χ1v) is 7.90. The topological polar surface area (TPSA) is 12.9 Å². The van der Waals surface area contributed by atoms with Crippen LogP contribution in [0.5, 0.6) is 0 Å². The number of nitrogens with zero attached hydrogens (tertiary/aromatic N) is 2. The first kappa shape index (κ1) is 16.2. The van der Waals surface area contributed by atoms with E-state index in [0.717, 1.165) is 23.1 Å². The van der Waals surface area contributed by atoms with Gasteiger partial charge in [-0.15, -0.1) is 0 Å². The van der Waals surface area contributed by atoms with E-state index >= 15 is 0 Å². The minimum atomic E-state index is -0.142. The lowest BCUT2D eigenvalue weighted by Gasteiger charge is -2.33. The van der Waals surface area contributed by atoms with Crippen molar-refractivity contribution in [1.29, 1.82) is 0 Å². The monoisotopic (exact) mass is 345 g/mol. The van der Waals surface area contributed by atoms with Crippen LogP contribution in [0.3, 0.4) is 0 Å². The molecule has 2 aromatic rings. The third kappa shape index (κ3) is 4.14. The summed E-state index contributed by atoms with van der Waals surface area (Å²) in [5.41, 5.74) is 2.20. The van der Waals surface area contributed by atoms with Crippen LogP contribution < -0.4 is 0 Å². The molecule has 2 radical (unpaired) electrons. The minimum Gasteiger partial charge on any atom is -0.316 e. The highest BCUT2D eigenvalue weighted by molar-refractivity contribution is 9.10. The lowest BCUT2D eigenvalue weighted by molar-refractivity contribution is -0.846. The number of aromatic nitrogens is 1. The number of rotatable bonds is 5. The maximum Gasteiger partial charge on any atom is 0.206 e. The fraction of sp³-hybridized carbons (Fsp3) is 0.333. The highest BCUT2D eigenvalue weighted by Crippen LogP contribution is 2.35. The second-order valence-electron chi connectivity index (χ2n) is 6.31. The Hall–Kier alpha value is -1.19. The number of quaternary nitrogens is 1. The van der Waals surface area contributed by atoms with E-state index in [4.69, 9.17) is 7.05 Å². The second kappa shape index (κ2) is 6.29. The van der Waals surface area contributed by atoms with Crippen molar-refractivity contribution in [2.45, 2.75) is 18.8 Å². The number of pyridine rings is 1. The molecule has 1 atom stereocenters. The van der Waals surface area contributed by atoms with Crippen molar-refractivity contribution < 1.29 is 4.48 Å². The average Bonchev–Trinajstić information content (AvgIpc) is 2.46. The lowest BCUT2D eigenvalue weighted by atomic mass is 9.76. The summed E-state index contributed by atoms with van der Waals surface area (Å²) in [4.78, 5) is 4.59. The molecule has 0 fully saturated rings. The molecule has 0 bridgehead atoms. The number of hydrogen-bond donors (Lipinski definition) is 0. The van der Waals surface area contributed by atoms with E-state index in [2.05, 4.69) is 58.2 Å². The van der Waals surface area contributed by atoms with Crippen molar-refractivity contribution >= 4 is 15.9 Å². The van der Waals surface area contributed by atoms with Crippen LogP contribution in [0.25, 0.3) is 0 Å². The average molecular weight is 346 g/mol. The molecule has 110 valence electrons. The van der Waals surface area contributed by atoms with Gasteiger partial charge in [-0.2, -0.15) is 0 Å². The molecule has 0 amide bonds. The van der Waals surface area contributed by atoms with Crippen LogP contribution in [-0.2, 0) is 5.41 Å². The van der Waals surface area contributed by atoms with Crippen LogP contribution in [0.15, 0.2) is 53.1 Å². The van der Waals surface area contributed by atoms with Crippen molar-refractivity contribution in [3.05, 3.63) is 71.4 Å². The van der Waals surface area contributed by atoms with Gasteiger partial charge < -0.3 is 4.48 Å². The zero-order valence-electron chi connectivity index (χ0n) is 12.9. The van der Waals surface area contributed by atoms with Crippen LogP contribution in [0.2, 0.25) is 0 Å². The molecule has 0 saturated heterocycles. The highest BCUT2D eigenvalue weighted by atomic mass is 79.9. The summed E-state index contributed by atoms with van der Waals surface area (Å²) >= 11 is 3.50. The fourth-order valence-corrected chi connectivity index (χ4v) is 2.70. The van der Waals surface area contributed by atoms with Crippen molar-refractivity contribution in [3.8, 4) is 0 Å². The standard InChI is InChI=1S/C18H22BrN2/c1-18(12-14-21(2,3)4,17-7-5-6-13-20-17)15-8-10-16(19)11-9-15/h2,5-11,13H,12,14H2,1,3-4H3/q+1. The summed E-state index contributed by atoms with van der Waals surface area (Å²) in [6.07, 6.45) is 2.80. The first-order valence-electron chi connectivity index (χ1n) is 7.10. The van der Waals surface area contributed by atoms with E-state index < -0.39 is 0 Å². The Balaban J connectivity index is 2.41. The van der Waals surface area contributed by atoms with Gasteiger partial charge in [-0.3, -0.25) is 4.98 Å². The molecule has 0 saturated carbocycles. The Morgan fingerprint density at radius 3 is 2.33 bits per heavy atom. The van der Waals surface area contributed by atoms with Gasteiger partial charge in [-0.1, -0.05) is 34.1 Å². The predicted molar refractivity (Wildman–Crippen MR) is 90.7 cm³/mol. The Labute approximate surface area is 136 Å². The molecule has 2 rings (SSSR count). The molecule has 2 nitrogen and oxygen atoms in total. The third-order valence-electron chi connectivity index (χ3n) is 3.90. The third-order valence-corrected chi connectivity index (χ3v) is 4.43. The van der Waals surface area contributed by atoms with Crippen LogP contribution in [0.1, 0.15) is 24.6 Å². The largest absolute Gasteiger partial charge is 0.316 e. The molecule has 3 heteroatoms. The van der Waals surface area contributed by atoms with Gasteiger partial charge >= 0.3 is 0 Å². The van der Waals surface area contributed by atoms with Crippen LogP contribution >= 0.6 is 15.9 Å². The van der Waals surface area contributed by atoms with Crippen molar-refractivity contribution in [3.63, 3.8) is 0 Å². The van der Waals surface area contributed by atoms with Crippen molar-refractivity contribution in [2.75, 3.05) is 20.6 Å². The fourth-order valence-electron chi connectivity index (χ4n) is 2.44. The minimum absolute atomic E-state index is 0.142. The van der Waals surface area contributed by atoms with Crippen LogP contribution in [0, 0.1) is 7.05 Å². The Morgan fingerprint density at radius 1 is 1.14 bits per heavy atom. The molecule has 1 aromatic carbocycles. The SMILES string of the molecule is [CH][N+](C)(C)CCC(C)(c1ccc(Br)cc1)c1ccccn1. The van der Waals surface area contributed by atoms with E-state index in [1.807, 2.05) is 32.4 Å². The van der Waals surface area contributed by atoms with E-state index in [0.29, 0.717) is 4.48 Å². The zero-order chi connectivity index (χ0) is 15.5. The summed E-state index contributed by atoms with van der Waals surface area (Å²) in [6.45, 7) is 3.12. The van der Waals surface area contributed by atoms with Gasteiger partial charge in [-0.25, -0.2) is 0 Å². The summed E-state index contributed by atoms with van der Waals surface area (Å²) < 4.78 is 1.54.